The summed E-state index contributed by atoms with van der Waals surface area (Å²) < 4.78 is 1.26. The largest absolute Gasteiger partial charge is 0.365 e. The minimum atomic E-state index is 0.136. The van der Waals surface area contributed by atoms with Crippen molar-refractivity contribution in [3.8, 4) is 0 Å². The number of hydrogen-bond donors (Lipinski definition) is 0. The molecule has 2 aliphatic rings. The highest BCUT2D eigenvalue weighted by Gasteiger charge is 2.33. The van der Waals surface area contributed by atoms with E-state index in [1.807, 2.05) is 0 Å². The summed E-state index contributed by atoms with van der Waals surface area (Å²) in [6, 6.07) is 13.5. The van der Waals surface area contributed by atoms with Crippen LogP contribution >= 0.6 is 11.3 Å². The Kier molecular flexibility index (Phi) is 6.04. The first-order valence-corrected chi connectivity index (χ1v) is 13.0. The molecule has 2 saturated heterocycles. The summed E-state index contributed by atoms with van der Waals surface area (Å²) in [6.07, 6.45) is 1.83. The lowest BCUT2D eigenvalue weighted by Crippen LogP contribution is -2.55. The van der Waals surface area contributed by atoms with Gasteiger partial charge in [0.25, 0.3) is 0 Å². The molecule has 2 aromatic carbocycles. The summed E-state index contributed by atoms with van der Waals surface area (Å²) in [7, 11) is 0. The van der Waals surface area contributed by atoms with Gasteiger partial charge in [-0.25, -0.2) is 4.98 Å². The number of piperidine rings is 1. The molecule has 2 fully saturated rings. The molecule has 0 bridgehead atoms. The molecule has 0 saturated carbocycles. The predicted octanol–water partition coefficient (Wildman–Crippen LogP) is 5.18. The molecule has 1 aromatic heterocycles. The summed E-state index contributed by atoms with van der Waals surface area (Å²) in [5.41, 5.74) is 6.21. The van der Waals surface area contributed by atoms with Crippen molar-refractivity contribution in [3.05, 3.63) is 53.1 Å². The number of nitrogens with zero attached hydrogens (tertiary/aromatic N) is 4. The van der Waals surface area contributed by atoms with Gasteiger partial charge in [-0.3, -0.25) is 4.79 Å². The SMILES string of the molecule is Cc1cccc(N2CCN(C(=O)C3CCN(c4nc5c(C)cc(C)cc5s4)CC3)CC2C)c1. The molecule has 33 heavy (non-hydrogen) atoms. The molecule has 2 aliphatic heterocycles. The van der Waals surface area contributed by atoms with Crippen LogP contribution in [0.5, 0.6) is 0 Å². The van der Waals surface area contributed by atoms with Crippen LogP contribution in [-0.4, -0.2) is 54.6 Å². The maximum absolute atomic E-state index is 13.3. The average molecular weight is 463 g/mol. The van der Waals surface area contributed by atoms with Crippen LogP contribution in [0, 0.1) is 26.7 Å². The molecule has 0 aliphatic carbocycles. The monoisotopic (exact) mass is 462 g/mol. The number of anilines is 2. The van der Waals surface area contributed by atoms with Crippen molar-refractivity contribution in [3.63, 3.8) is 0 Å². The third kappa shape index (κ3) is 4.45. The highest BCUT2D eigenvalue weighted by atomic mass is 32.1. The quantitative estimate of drug-likeness (QED) is 0.538. The van der Waals surface area contributed by atoms with E-state index in [0.717, 1.165) is 56.2 Å². The van der Waals surface area contributed by atoms with Gasteiger partial charge in [0.2, 0.25) is 5.91 Å². The van der Waals surface area contributed by atoms with Crippen molar-refractivity contribution in [2.24, 2.45) is 5.92 Å². The van der Waals surface area contributed by atoms with Crippen molar-refractivity contribution in [1.29, 1.82) is 0 Å². The number of rotatable bonds is 3. The number of piperazine rings is 1. The number of amides is 1. The third-order valence-electron chi connectivity index (χ3n) is 7.21. The Morgan fingerprint density at radius 3 is 2.52 bits per heavy atom. The lowest BCUT2D eigenvalue weighted by molar-refractivity contribution is -0.137. The molecule has 1 atom stereocenters. The fourth-order valence-electron chi connectivity index (χ4n) is 5.42. The van der Waals surface area contributed by atoms with Gasteiger partial charge in [0.1, 0.15) is 0 Å². The van der Waals surface area contributed by atoms with Crippen LogP contribution in [0.25, 0.3) is 10.2 Å². The van der Waals surface area contributed by atoms with Gasteiger partial charge in [-0.05, 0) is 75.4 Å². The van der Waals surface area contributed by atoms with Crippen LogP contribution in [0.15, 0.2) is 36.4 Å². The van der Waals surface area contributed by atoms with E-state index in [2.05, 4.69) is 78.8 Å². The van der Waals surface area contributed by atoms with E-state index in [1.54, 1.807) is 11.3 Å². The smallest absolute Gasteiger partial charge is 0.225 e. The first kappa shape index (κ1) is 22.2. The Bertz CT molecular complexity index is 1160. The molecule has 174 valence electrons. The number of aromatic nitrogens is 1. The molecular formula is C27H34N4OS. The standard InChI is InChI=1S/C27H34N4OS/c1-18-6-5-7-23(15-18)31-13-12-30(17-21(31)4)26(32)22-8-10-29(11-9-22)27-28-25-20(3)14-19(2)16-24(25)33-27/h5-7,14-16,21-22H,8-13,17H2,1-4H3. The second-order valence-corrected chi connectivity index (χ2v) is 10.9. The zero-order chi connectivity index (χ0) is 23.1. The molecular weight excluding hydrogens is 428 g/mol. The van der Waals surface area contributed by atoms with Crippen LogP contribution < -0.4 is 9.80 Å². The molecule has 3 aromatic rings. The van der Waals surface area contributed by atoms with E-state index in [9.17, 15) is 4.79 Å². The Morgan fingerprint density at radius 2 is 1.79 bits per heavy atom. The van der Waals surface area contributed by atoms with Gasteiger partial charge in [-0.15, -0.1) is 0 Å². The number of carbonyl (C=O) groups excluding carboxylic acids is 1. The lowest BCUT2D eigenvalue weighted by Gasteiger charge is -2.43. The number of hydrogen-bond acceptors (Lipinski definition) is 5. The molecule has 1 unspecified atom stereocenters. The van der Waals surface area contributed by atoms with Gasteiger partial charge >= 0.3 is 0 Å². The second kappa shape index (κ2) is 8.98. The highest BCUT2D eigenvalue weighted by molar-refractivity contribution is 7.22. The average Bonchev–Trinajstić information content (AvgIpc) is 3.23. The molecule has 3 heterocycles. The van der Waals surface area contributed by atoms with E-state index in [1.165, 1.54) is 27.1 Å². The van der Waals surface area contributed by atoms with Gasteiger partial charge < -0.3 is 14.7 Å². The molecule has 0 N–H and O–H groups in total. The van der Waals surface area contributed by atoms with E-state index in [0.29, 0.717) is 11.9 Å². The number of benzene rings is 2. The fourth-order valence-corrected chi connectivity index (χ4v) is 6.61. The van der Waals surface area contributed by atoms with Gasteiger partial charge in [-0.1, -0.05) is 29.5 Å². The summed E-state index contributed by atoms with van der Waals surface area (Å²) >= 11 is 1.78. The molecule has 0 spiro atoms. The summed E-state index contributed by atoms with van der Waals surface area (Å²) in [5.74, 6) is 0.485. The number of fused-ring (bicyclic) bond motifs is 1. The van der Waals surface area contributed by atoms with Crippen LogP contribution in [0.3, 0.4) is 0 Å². The van der Waals surface area contributed by atoms with E-state index >= 15 is 0 Å². The van der Waals surface area contributed by atoms with Crippen molar-refractivity contribution in [1.82, 2.24) is 9.88 Å². The molecule has 5 rings (SSSR count). The Hall–Kier alpha value is -2.60. The third-order valence-corrected chi connectivity index (χ3v) is 8.27. The van der Waals surface area contributed by atoms with Gasteiger partial charge in [0.15, 0.2) is 5.13 Å². The molecule has 6 heteroatoms. The maximum atomic E-state index is 13.3. The van der Waals surface area contributed by atoms with E-state index in [-0.39, 0.29) is 5.92 Å². The first-order valence-electron chi connectivity index (χ1n) is 12.1. The summed E-state index contributed by atoms with van der Waals surface area (Å²) in [4.78, 5) is 25.2. The summed E-state index contributed by atoms with van der Waals surface area (Å²) in [5, 5.41) is 1.10. The molecule has 1 amide bonds. The van der Waals surface area contributed by atoms with E-state index in [4.69, 9.17) is 4.98 Å². The maximum Gasteiger partial charge on any atom is 0.225 e. The summed E-state index contributed by atoms with van der Waals surface area (Å²) in [6.45, 7) is 13.0. The minimum absolute atomic E-state index is 0.136. The van der Waals surface area contributed by atoms with Crippen molar-refractivity contribution in [2.75, 3.05) is 42.5 Å². The fraction of sp³-hybridized carbons (Fsp3) is 0.481. The zero-order valence-electron chi connectivity index (χ0n) is 20.2. The first-order chi connectivity index (χ1) is 15.9. The highest BCUT2D eigenvalue weighted by Crippen LogP contribution is 2.34. The van der Waals surface area contributed by atoms with Gasteiger partial charge in [0, 0.05) is 50.4 Å². The van der Waals surface area contributed by atoms with Crippen molar-refractivity contribution < 1.29 is 4.79 Å². The second-order valence-electron chi connectivity index (χ2n) is 9.85. The number of aryl methyl sites for hydroxylation is 3. The lowest BCUT2D eigenvalue weighted by atomic mass is 9.95. The normalized spacial score (nSPS) is 20.0. The minimum Gasteiger partial charge on any atom is -0.365 e. The van der Waals surface area contributed by atoms with Gasteiger partial charge in [0.05, 0.1) is 10.2 Å². The van der Waals surface area contributed by atoms with Crippen molar-refractivity contribution in [2.45, 2.75) is 46.6 Å². The topological polar surface area (TPSA) is 39.7 Å². The van der Waals surface area contributed by atoms with Crippen LogP contribution in [0.4, 0.5) is 10.8 Å². The zero-order valence-corrected chi connectivity index (χ0v) is 21.0. The Labute approximate surface area is 201 Å². The molecule has 5 nitrogen and oxygen atoms in total. The Morgan fingerprint density at radius 1 is 1.00 bits per heavy atom. The van der Waals surface area contributed by atoms with Gasteiger partial charge in [-0.2, -0.15) is 0 Å². The molecule has 0 radical (unpaired) electrons. The van der Waals surface area contributed by atoms with E-state index < -0.39 is 0 Å². The van der Waals surface area contributed by atoms with Crippen LogP contribution in [0.1, 0.15) is 36.5 Å². The van der Waals surface area contributed by atoms with Crippen LogP contribution in [0.2, 0.25) is 0 Å². The van der Waals surface area contributed by atoms with Crippen LogP contribution in [-0.2, 0) is 4.79 Å². The Balaban J connectivity index is 1.19. The number of carbonyl (C=O) groups is 1. The predicted molar refractivity (Wildman–Crippen MR) is 139 cm³/mol. The number of thiazole rings is 1. The van der Waals surface area contributed by atoms with Crippen molar-refractivity contribution >= 4 is 38.3 Å².